The molecule has 4 nitrogen and oxygen atoms in total. The molecule has 0 N–H and O–H groups in total. The first-order valence-electron chi connectivity index (χ1n) is 8.83. The van der Waals surface area contributed by atoms with Gasteiger partial charge in [0, 0.05) is 41.9 Å². The molecule has 3 aliphatic carbocycles. The molecule has 4 heteroatoms. The average Bonchev–Trinajstić information content (AvgIpc) is 2.89. The predicted octanol–water partition coefficient (Wildman–Crippen LogP) is 2.94. The Morgan fingerprint density at radius 3 is 2.29 bits per heavy atom. The van der Waals surface area contributed by atoms with Crippen molar-refractivity contribution in [2.75, 3.05) is 0 Å². The lowest BCUT2D eigenvalue weighted by molar-refractivity contribution is -0.172. The molecular weight excluding hydrogens is 304 g/mol. The van der Waals surface area contributed by atoms with Gasteiger partial charge in [-0.3, -0.25) is 19.2 Å². The van der Waals surface area contributed by atoms with Crippen LogP contribution in [0.2, 0.25) is 0 Å². The minimum atomic E-state index is -1.00. The van der Waals surface area contributed by atoms with Crippen LogP contribution in [-0.2, 0) is 19.2 Å². The highest BCUT2D eigenvalue weighted by atomic mass is 16.2. The number of carbonyl (C=O) groups is 4. The number of hydrogen-bond donors (Lipinski definition) is 0. The van der Waals surface area contributed by atoms with Gasteiger partial charge in [-0.05, 0) is 19.3 Å². The van der Waals surface area contributed by atoms with Crippen molar-refractivity contribution in [3.05, 3.63) is 12.7 Å². The maximum atomic E-state index is 13.3. The normalized spacial score (nSPS) is 48.8. The van der Waals surface area contributed by atoms with E-state index in [2.05, 4.69) is 6.58 Å². The fourth-order valence-corrected chi connectivity index (χ4v) is 5.70. The third-order valence-electron chi connectivity index (χ3n) is 7.56. The fourth-order valence-electron chi connectivity index (χ4n) is 5.70. The summed E-state index contributed by atoms with van der Waals surface area (Å²) in [5, 5.41) is 0. The van der Waals surface area contributed by atoms with E-state index < -0.39 is 28.1 Å². The lowest BCUT2D eigenvalue weighted by atomic mass is 9.44. The fraction of sp³-hybridized carbons (Fsp3) is 0.700. The van der Waals surface area contributed by atoms with Gasteiger partial charge < -0.3 is 0 Å². The van der Waals surface area contributed by atoms with Gasteiger partial charge in [0.05, 0.1) is 5.41 Å². The van der Waals surface area contributed by atoms with Crippen LogP contribution < -0.4 is 0 Å². The van der Waals surface area contributed by atoms with Crippen LogP contribution in [0.15, 0.2) is 12.7 Å². The van der Waals surface area contributed by atoms with Gasteiger partial charge in [0.2, 0.25) is 0 Å². The van der Waals surface area contributed by atoms with Gasteiger partial charge in [-0.15, -0.1) is 6.58 Å². The lowest BCUT2D eigenvalue weighted by Crippen LogP contribution is -2.63. The summed E-state index contributed by atoms with van der Waals surface area (Å²) >= 11 is 0. The number of allylic oxidation sites excluding steroid dienone is 1. The Bertz CT molecular complexity index is 677. The van der Waals surface area contributed by atoms with Crippen LogP contribution in [-0.4, -0.2) is 23.1 Å². The van der Waals surface area contributed by atoms with Crippen LogP contribution in [0.25, 0.3) is 0 Å². The summed E-state index contributed by atoms with van der Waals surface area (Å²) in [4.78, 5) is 52.3. The molecule has 0 heterocycles. The van der Waals surface area contributed by atoms with Gasteiger partial charge in [0.1, 0.15) is 23.1 Å². The highest BCUT2D eigenvalue weighted by molar-refractivity contribution is 6.08. The largest absolute Gasteiger partial charge is 0.299 e. The average molecular weight is 330 g/mol. The first kappa shape index (κ1) is 17.2. The van der Waals surface area contributed by atoms with Gasteiger partial charge in [-0.1, -0.05) is 26.8 Å². The maximum absolute atomic E-state index is 13.3. The summed E-state index contributed by atoms with van der Waals surface area (Å²) < 4.78 is 0. The summed E-state index contributed by atoms with van der Waals surface area (Å²) in [6.07, 6.45) is 2.56. The molecule has 0 radical (unpaired) electrons. The molecule has 2 bridgehead atoms. The Hall–Kier alpha value is -1.58. The van der Waals surface area contributed by atoms with Crippen LogP contribution >= 0.6 is 0 Å². The van der Waals surface area contributed by atoms with Gasteiger partial charge in [0.25, 0.3) is 0 Å². The van der Waals surface area contributed by atoms with Crippen molar-refractivity contribution in [2.24, 2.45) is 34.0 Å². The molecule has 3 rings (SSSR count). The first-order valence-corrected chi connectivity index (χ1v) is 8.83. The lowest BCUT2D eigenvalue weighted by Gasteiger charge is -2.55. The topological polar surface area (TPSA) is 68.3 Å². The molecule has 0 unspecified atom stereocenters. The smallest absolute Gasteiger partial charge is 0.146 e. The van der Waals surface area contributed by atoms with Crippen molar-refractivity contribution >= 4 is 23.1 Å². The van der Waals surface area contributed by atoms with Crippen LogP contribution in [0.5, 0.6) is 0 Å². The highest BCUT2D eigenvalue weighted by Gasteiger charge is 2.70. The molecule has 0 amide bonds. The van der Waals surface area contributed by atoms with Crippen molar-refractivity contribution < 1.29 is 19.2 Å². The Labute approximate surface area is 143 Å². The predicted molar refractivity (Wildman–Crippen MR) is 89.2 cm³/mol. The molecular formula is C20H26O4. The van der Waals surface area contributed by atoms with Crippen LogP contribution in [0.3, 0.4) is 0 Å². The molecule has 3 saturated carbocycles. The Balaban J connectivity index is 2.32. The second-order valence-corrected chi connectivity index (χ2v) is 8.56. The molecule has 0 saturated heterocycles. The molecule has 3 aliphatic rings. The van der Waals surface area contributed by atoms with Crippen molar-refractivity contribution in [3.8, 4) is 0 Å². The summed E-state index contributed by atoms with van der Waals surface area (Å²) in [6.45, 7) is 11.0. The first-order chi connectivity index (χ1) is 11.1. The molecule has 0 spiro atoms. The van der Waals surface area contributed by atoms with Crippen LogP contribution in [0.1, 0.15) is 53.4 Å². The Morgan fingerprint density at radius 1 is 1.08 bits per heavy atom. The van der Waals surface area contributed by atoms with Gasteiger partial charge in [-0.25, -0.2) is 0 Å². The van der Waals surface area contributed by atoms with E-state index in [0.717, 1.165) is 0 Å². The molecule has 3 fully saturated rings. The second kappa shape index (κ2) is 4.96. The van der Waals surface area contributed by atoms with Crippen molar-refractivity contribution in [1.82, 2.24) is 0 Å². The quantitative estimate of drug-likeness (QED) is 0.693. The van der Waals surface area contributed by atoms with E-state index in [9.17, 15) is 19.2 Å². The van der Waals surface area contributed by atoms with Gasteiger partial charge in [0.15, 0.2) is 0 Å². The molecule has 0 aliphatic heterocycles. The van der Waals surface area contributed by atoms with E-state index in [1.165, 1.54) is 0 Å². The standard InChI is InChI=1S/C20H26O4/c1-6-18(4)10-15(23)19(5)11(2)9-14(22)20(12(3)17(18)24)8-7-13(21)16(19)20/h6,11-12,16H,1,7-10H2,2-5H3/t11-,12+,16-,18-,19+,20+/m1/s1. The van der Waals surface area contributed by atoms with Crippen LogP contribution in [0, 0.1) is 34.0 Å². The Kier molecular flexibility index (Phi) is 3.57. The number of carbonyl (C=O) groups excluding carboxylic acids is 4. The maximum Gasteiger partial charge on any atom is 0.146 e. The van der Waals surface area contributed by atoms with E-state index in [1.807, 2.05) is 13.8 Å². The zero-order chi connectivity index (χ0) is 18.1. The highest BCUT2D eigenvalue weighted by Crippen LogP contribution is 2.64. The third kappa shape index (κ3) is 1.75. The van der Waals surface area contributed by atoms with Crippen molar-refractivity contribution in [3.63, 3.8) is 0 Å². The van der Waals surface area contributed by atoms with E-state index in [1.54, 1.807) is 19.9 Å². The third-order valence-corrected chi connectivity index (χ3v) is 7.56. The van der Waals surface area contributed by atoms with E-state index >= 15 is 0 Å². The number of ketones is 4. The zero-order valence-corrected chi connectivity index (χ0v) is 15.0. The molecule has 0 aromatic carbocycles. The summed E-state index contributed by atoms with van der Waals surface area (Å²) in [7, 11) is 0. The monoisotopic (exact) mass is 330 g/mol. The van der Waals surface area contributed by atoms with Crippen molar-refractivity contribution in [1.29, 1.82) is 0 Å². The molecule has 130 valence electrons. The summed E-state index contributed by atoms with van der Waals surface area (Å²) in [5.74, 6) is -1.64. The minimum absolute atomic E-state index is 0.00899. The van der Waals surface area contributed by atoms with E-state index in [4.69, 9.17) is 0 Å². The van der Waals surface area contributed by atoms with Gasteiger partial charge >= 0.3 is 0 Å². The SMILES string of the molecule is C=C[C@]1(C)CC(=O)[C@]2(C)[C@H](C)CC(=O)[C@]3(CCC(=O)[C@H]23)[C@@H](C)C1=O. The zero-order valence-electron chi connectivity index (χ0n) is 15.0. The molecule has 0 aromatic heterocycles. The summed E-state index contributed by atoms with van der Waals surface area (Å²) in [5.41, 5.74) is -2.85. The number of hydrogen-bond acceptors (Lipinski definition) is 4. The minimum Gasteiger partial charge on any atom is -0.299 e. The van der Waals surface area contributed by atoms with Crippen molar-refractivity contribution in [2.45, 2.75) is 53.4 Å². The Morgan fingerprint density at radius 2 is 1.71 bits per heavy atom. The number of rotatable bonds is 1. The van der Waals surface area contributed by atoms with Gasteiger partial charge in [-0.2, -0.15) is 0 Å². The molecule has 6 atom stereocenters. The molecule has 24 heavy (non-hydrogen) atoms. The molecule has 0 aromatic rings. The van der Waals surface area contributed by atoms with E-state index in [-0.39, 0.29) is 48.3 Å². The van der Waals surface area contributed by atoms with Crippen LogP contribution in [0.4, 0.5) is 0 Å². The number of Topliss-reactive ketones (excluding diaryl/α,β-unsaturated/α-hetero) is 4. The summed E-state index contributed by atoms with van der Waals surface area (Å²) in [6, 6.07) is 0. The second-order valence-electron chi connectivity index (χ2n) is 8.56. The van der Waals surface area contributed by atoms with E-state index in [0.29, 0.717) is 6.42 Å².